The summed E-state index contributed by atoms with van der Waals surface area (Å²) in [4.78, 5) is 14.3. The zero-order valence-electron chi connectivity index (χ0n) is 9.78. The van der Waals surface area contributed by atoms with E-state index in [-0.39, 0.29) is 12.0 Å². The van der Waals surface area contributed by atoms with Gasteiger partial charge in [0, 0.05) is 24.0 Å². The van der Waals surface area contributed by atoms with E-state index in [1.165, 1.54) is 6.42 Å². The van der Waals surface area contributed by atoms with Crippen LogP contribution in [0.4, 0.5) is 0 Å². The third-order valence-electron chi connectivity index (χ3n) is 3.98. The van der Waals surface area contributed by atoms with Gasteiger partial charge >= 0.3 is 0 Å². The average molecular weight is 210 g/mol. The minimum atomic E-state index is 0.184. The van der Waals surface area contributed by atoms with E-state index < -0.39 is 0 Å². The van der Waals surface area contributed by atoms with E-state index >= 15 is 0 Å². The molecule has 4 atom stereocenters. The van der Waals surface area contributed by atoms with Crippen LogP contribution < -0.4 is 5.73 Å². The summed E-state index contributed by atoms with van der Waals surface area (Å²) in [7, 11) is 0. The maximum atomic E-state index is 12.2. The lowest BCUT2D eigenvalue weighted by atomic mass is 9.96. The van der Waals surface area contributed by atoms with E-state index in [1.54, 1.807) is 0 Å². The van der Waals surface area contributed by atoms with Crippen LogP contribution in [0.2, 0.25) is 0 Å². The predicted octanol–water partition coefficient (Wildman–Crippen LogP) is 1.51. The van der Waals surface area contributed by atoms with E-state index in [9.17, 15) is 4.79 Å². The van der Waals surface area contributed by atoms with Crippen LogP contribution >= 0.6 is 0 Å². The molecule has 2 N–H and O–H groups in total. The van der Waals surface area contributed by atoms with E-state index in [2.05, 4.69) is 18.7 Å². The number of amides is 1. The van der Waals surface area contributed by atoms with Crippen LogP contribution in [0.5, 0.6) is 0 Å². The Morgan fingerprint density at radius 3 is 2.73 bits per heavy atom. The standard InChI is InChI=1S/C12H22N2O/c1-3-4-8(2)12(15)14-9-5-6-11(14)10(13)7-9/h8-11H,3-7,13H2,1-2H3. The van der Waals surface area contributed by atoms with Crippen LogP contribution in [0.15, 0.2) is 0 Å². The molecule has 0 radical (unpaired) electrons. The van der Waals surface area contributed by atoms with Crippen molar-refractivity contribution in [1.29, 1.82) is 0 Å². The number of nitrogens with two attached hydrogens (primary N) is 1. The van der Waals surface area contributed by atoms with Crippen LogP contribution in [0.1, 0.15) is 46.0 Å². The maximum Gasteiger partial charge on any atom is 0.225 e. The number of fused-ring (bicyclic) bond motifs is 2. The third kappa shape index (κ3) is 1.78. The fourth-order valence-electron chi connectivity index (χ4n) is 3.19. The van der Waals surface area contributed by atoms with Crippen molar-refractivity contribution in [3.63, 3.8) is 0 Å². The van der Waals surface area contributed by atoms with Gasteiger partial charge in [0.05, 0.1) is 0 Å². The highest BCUT2D eigenvalue weighted by molar-refractivity contribution is 5.80. The molecule has 0 saturated carbocycles. The normalized spacial score (nSPS) is 35.9. The van der Waals surface area contributed by atoms with Crippen LogP contribution in [-0.2, 0) is 4.79 Å². The molecule has 0 aromatic carbocycles. The van der Waals surface area contributed by atoms with E-state index in [0.29, 0.717) is 18.0 Å². The van der Waals surface area contributed by atoms with Gasteiger partial charge in [-0.1, -0.05) is 20.3 Å². The molecule has 2 saturated heterocycles. The summed E-state index contributed by atoms with van der Waals surface area (Å²) in [5.41, 5.74) is 6.03. The second-order valence-electron chi connectivity index (χ2n) is 5.13. The Hall–Kier alpha value is -0.570. The van der Waals surface area contributed by atoms with Gasteiger partial charge in [-0.2, -0.15) is 0 Å². The molecule has 3 nitrogen and oxygen atoms in total. The fourth-order valence-corrected chi connectivity index (χ4v) is 3.19. The van der Waals surface area contributed by atoms with Crippen molar-refractivity contribution >= 4 is 5.91 Å². The van der Waals surface area contributed by atoms with Gasteiger partial charge in [0.1, 0.15) is 0 Å². The minimum absolute atomic E-state index is 0.184. The Bertz CT molecular complexity index is 254. The van der Waals surface area contributed by atoms with Gasteiger partial charge in [0.25, 0.3) is 0 Å². The Morgan fingerprint density at radius 2 is 2.27 bits per heavy atom. The lowest BCUT2D eigenvalue weighted by molar-refractivity contribution is -0.136. The summed E-state index contributed by atoms with van der Waals surface area (Å²) in [5, 5.41) is 0. The van der Waals surface area contributed by atoms with Gasteiger partial charge in [-0.25, -0.2) is 0 Å². The van der Waals surface area contributed by atoms with E-state index in [1.807, 2.05) is 0 Å². The Balaban J connectivity index is 2.02. The predicted molar refractivity (Wildman–Crippen MR) is 60.3 cm³/mol. The smallest absolute Gasteiger partial charge is 0.225 e. The molecule has 1 amide bonds. The highest BCUT2D eigenvalue weighted by Crippen LogP contribution is 2.38. The summed E-state index contributed by atoms with van der Waals surface area (Å²) in [6.07, 6.45) is 5.40. The van der Waals surface area contributed by atoms with Crippen molar-refractivity contribution in [2.75, 3.05) is 0 Å². The van der Waals surface area contributed by atoms with Gasteiger partial charge < -0.3 is 10.6 Å². The molecule has 2 fully saturated rings. The van der Waals surface area contributed by atoms with E-state index in [0.717, 1.165) is 25.7 Å². The first kappa shape index (κ1) is 10.9. The highest BCUT2D eigenvalue weighted by atomic mass is 16.2. The Labute approximate surface area is 92.0 Å². The van der Waals surface area contributed by atoms with Gasteiger partial charge in [-0.05, 0) is 25.7 Å². The second kappa shape index (κ2) is 4.12. The number of hydrogen-bond donors (Lipinski definition) is 1. The monoisotopic (exact) mass is 210 g/mol. The first-order valence-electron chi connectivity index (χ1n) is 6.23. The Morgan fingerprint density at radius 1 is 1.53 bits per heavy atom. The molecule has 86 valence electrons. The van der Waals surface area contributed by atoms with Gasteiger partial charge in [0.15, 0.2) is 0 Å². The Kier molecular flexibility index (Phi) is 3.01. The summed E-state index contributed by atoms with van der Waals surface area (Å²) in [6.45, 7) is 4.18. The average Bonchev–Trinajstić information content (AvgIpc) is 2.73. The van der Waals surface area contributed by atoms with Gasteiger partial charge in [-0.3, -0.25) is 4.79 Å². The molecular formula is C12H22N2O. The largest absolute Gasteiger partial charge is 0.335 e. The molecule has 0 aromatic heterocycles. The van der Waals surface area contributed by atoms with Crippen molar-refractivity contribution in [2.24, 2.45) is 11.7 Å². The quantitative estimate of drug-likeness (QED) is 0.767. The molecule has 2 aliphatic rings. The summed E-state index contributed by atoms with van der Waals surface area (Å²) in [5.74, 6) is 0.528. The van der Waals surface area contributed by atoms with Crippen molar-refractivity contribution < 1.29 is 4.79 Å². The van der Waals surface area contributed by atoms with Crippen LogP contribution in [0.3, 0.4) is 0 Å². The van der Waals surface area contributed by atoms with Gasteiger partial charge in [-0.15, -0.1) is 0 Å². The molecule has 0 spiro atoms. The molecular weight excluding hydrogens is 188 g/mol. The fraction of sp³-hybridized carbons (Fsp3) is 0.917. The molecule has 4 unspecified atom stereocenters. The summed E-state index contributed by atoms with van der Waals surface area (Å²) >= 11 is 0. The zero-order valence-corrected chi connectivity index (χ0v) is 9.78. The van der Waals surface area contributed by atoms with E-state index in [4.69, 9.17) is 5.73 Å². The number of carbonyl (C=O) groups is 1. The van der Waals surface area contributed by atoms with Crippen molar-refractivity contribution in [3.05, 3.63) is 0 Å². The van der Waals surface area contributed by atoms with Crippen molar-refractivity contribution in [2.45, 2.75) is 64.1 Å². The van der Waals surface area contributed by atoms with Crippen LogP contribution in [0.25, 0.3) is 0 Å². The molecule has 2 bridgehead atoms. The first-order valence-corrected chi connectivity index (χ1v) is 6.23. The number of carbonyl (C=O) groups excluding carboxylic acids is 1. The number of rotatable bonds is 3. The summed E-state index contributed by atoms with van der Waals surface area (Å²) < 4.78 is 0. The minimum Gasteiger partial charge on any atom is -0.335 e. The summed E-state index contributed by atoms with van der Waals surface area (Å²) in [6, 6.07) is 1.04. The molecule has 2 aliphatic heterocycles. The number of hydrogen-bond acceptors (Lipinski definition) is 2. The molecule has 3 heteroatoms. The van der Waals surface area contributed by atoms with Crippen molar-refractivity contribution in [1.82, 2.24) is 4.90 Å². The molecule has 0 aromatic rings. The van der Waals surface area contributed by atoms with Crippen molar-refractivity contribution in [3.8, 4) is 0 Å². The van der Waals surface area contributed by atoms with Crippen LogP contribution in [-0.4, -0.2) is 28.9 Å². The lowest BCUT2D eigenvalue weighted by Crippen LogP contribution is -2.42. The van der Waals surface area contributed by atoms with Gasteiger partial charge in [0.2, 0.25) is 5.91 Å². The maximum absolute atomic E-state index is 12.2. The second-order valence-corrected chi connectivity index (χ2v) is 5.13. The zero-order chi connectivity index (χ0) is 11.0. The SMILES string of the molecule is CCCC(C)C(=O)N1C2CCC1C(N)C2. The first-order chi connectivity index (χ1) is 7.15. The third-order valence-corrected chi connectivity index (χ3v) is 3.98. The molecule has 15 heavy (non-hydrogen) atoms. The topological polar surface area (TPSA) is 46.3 Å². The molecule has 2 heterocycles. The highest BCUT2D eigenvalue weighted by Gasteiger charge is 2.47. The lowest BCUT2D eigenvalue weighted by Gasteiger charge is -2.26. The number of nitrogens with zero attached hydrogens (tertiary/aromatic N) is 1. The van der Waals surface area contributed by atoms with Crippen LogP contribution in [0, 0.1) is 5.92 Å². The molecule has 0 aliphatic carbocycles. The molecule has 2 rings (SSSR count).